The van der Waals surface area contributed by atoms with Gasteiger partial charge in [-0.1, -0.05) is 80.6 Å². The number of nitrogens with zero attached hydrogens (tertiary/aromatic N) is 3. The molecule has 0 aliphatic rings. The van der Waals surface area contributed by atoms with Crippen molar-refractivity contribution in [2.24, 2.45) is 0 Å². The molecule has 2 aromatic carbocycles. The average molecular weight is 319 g/mol. The highest BCUT2D eigenvalue weighted by Crippen LogP contribution is 2.22. The van der Waals surface area contributed by atoms with E-state index in [1.807, 2.05) is 10.7 Å². The molecular weight excluding hydrogens is 294 g/mol. The van der Waals surface area contributed by atoms with Crippen LogP contribution in [0, 0.1) is 0 Å². The fourth-order valence-corrected chi connectivity index (χ4v) is 2.92. The fourth-order valence-electron chi connectivity index (χ4n) is 2.92. The van der Waals surface area contributed by atoms with Crippen LogP contribution in [0.2, 0.25) is 0 Å². The van der Waals surface area contributed by atoms with Crippen molar-refractivity contribution in [1.29, 1.82) is 0 Å². The summed E-state index contributed by atoms with van der Waals surface area (Å²) in [6.45, 7) is 7.47. The van der Waals surface area contributed by atoms with Crippen molar-refractivity contribution in [3.63, 3.8) is 0 Å². The Hall–Kier alpha value is -2.42. The van der Waals surface area contributed by atoms with Crippen LogP contribution in [0.1, 0.15) is 55.0 Å². The molecule has 0 amide bonds. The number of hydrogen-bond donors (Lipinski definition) is 0. The van der Waals surface area contributed by atoms with E-state index >= 15 is 0 Å². The second-order valence-corrected chi connectivity index (χ2v) is 6.82. The van der Waals surface area contributed by atoms with E-state index in [1.54, 1.807) is 0 Å². The summed E-state index contributed by atoms with van der Waals surface area (Å²) >= 11 is 0. The van der Waals surface area contributed by atoms with Gasteiger partial charge in [-0.2, -0.15) is 0 Å². The highest BCUT2D eigenvalue weighted by atomic mass is 15.4. The molecule has 3 rings (SSSR count). The van der Waals surface area contributed by atoms with Crippen LogP contribution in [-0.4, -0.2) is 15.0 Å². The molecular formula is C21H25N3. The zero-order valence-electron chi connectivity index (χ0n) is 14.7. The van der Waals surface area contributed by atoms with Crippen molar-refractivity contribution in [1.82, 2.24) is 15.0 Å². The predicted octanol–water partition coefficient (Wildman–Crippen LogP) is 4.80. The molecule has 0 N–H and O–H groups in total. The van der Waals surface area contributed by atoms with Crippen LogP contribution in [0.25, 0.3) is 0 Å². The lowest BCUT2D eigenvalue weighted by molar-refractivity contribution is 0.648. The van der Waals surface area contributed by atoms with Crippen LogP contribution >= 0.6 is 0 Å². The first-order valence-corrected chi connectivity index (χ1v) is 8.64. The third-order valence-corrected chi connectivity index (χ3v) is 4.46. The van der Waals surface area contributed by atoms with Gasteiger partial charge in [0.2, 0.25) is 0 Å². The third-order valence-electron chi connectivity index (χ3n) is 4.46. The van der Waals surface area contributed by atoms with Crippen molar-refractivity contribution in [2.45, 2.75) is 45.6 Å². The Bertz CT molecular complexity index is 757. The van der Waals surface area contributed by atoms with Crippen molar-refractivity contribution < 1.29 is 0 Å². The van der Waals surface area contributed by atoms with E-state index in [9.17, 15) is 0 Å². The van der Waals surface area contributed by atoms with Gasteiger partial charge in [0.05, 0.1) is 12.2 Å². The van der Waals surface area contributed by atoms with Gasteiger partial charge in [0, 0.05) is 6.20 Å². The van der Waals surface area contributed by atoms with E-state index in [-0.39, 0.29) is 0 Å². The van der Waals surface area contributed by atoms with Crippen molar-refractivity contribution in [2.75, 3.05) is 0 Å². The van der Waals surface area contributed by atoms with E-state index in [0.29, 0.717) is 11.8 Å². The van der Waals surface area contributed by atoms with Gasteiger partial charge in [0.25, 0.3) is 0 Å². The van der Waals surface area contributed by atoms with Crippen LogP contribution in [-0.2, 0) is 13.0 Å². The van der Waals surface area contributed by atoms with Gasteiger partial charge in [0.1, 0.15) is 0 Å². The Morgan fingerprint density at radius 2 is 1.54 bits per heavy atom. The number of hydrogen-bond acceptors (Lipinski definition) is 2. The first kappa shape index (κ1) is 16.4. The molecule has 1 heterocycles. The maximum atomic E-state index is 4.34. The molecule has 0 radical (unpaired) electrons. The summed E-state index contributed by atoms with van der Waals surface area (Å²) < 4.78 is 1.92. The third kappa shape index (κ3) is 4.10. The van der Waals surface area contributed by atoms with Crippen LogP contribution in [0.5, 0.6) is 0 Å². The molecule has 24 heavy (non-hydrogen) atoms. The number of benzene rings is 2. The average Bonchev–Trinajstić information content (AvgIpc) is 3.02. The molecule has 0 aliphatic heterocycles. The summed E-state index contributed by atoms with van der Waals surface area (Å²) in [6.07, 6.45) is 2.97. The van der Waals surface area contributed by atoms with Crippen LogP contribution in [0.3, 0.4) is 0 Å². The molecule has 0 bridgehead atoms. The molecule has 3 heteroatoms. The summed E-state index contributed by atoms with van der Waals surface area (Å²) in [4.78, 5) is 0. The van der Waals surface area contributed by atoms with E-state index in [2.05, 4.69) is 85.8 Å². The zero-order valence-corrected chi connectivity index (χ0v) is 14.7. The van der Waals surface area contributed by atoms with Gasteiger partial charge in [-0.3, -0.25) is 0 Å². The second-order valence-electron chi connectivity index (χ2n) is 6.82. The van der Waals surface area contributed by atoms with Crippen LogP contribution < -0.4 is 0 Å². The minimum Gasteiger partial charge on any atom is -0.248 e. The van der Waals surface area contributed by atoms with Gasteiger partial charge in [-0.05, 0) is 34.9 Å². The minimum absolute atomic E-state index is 0.438. The Morgan fingerprint density at radius 3 is 2.21 bits per heavy atom. The maximum absolute atomic E-state index is 4.34. The molecule has 3 nitrogen and oxygen atoms in total. The normalized spacial score (nSPS) is 12.5. The zero-order chi connectivity index (χ0) is 16.9. The van der Waals surface area contributed by atoms with Crippen molar-refractivity contribution >= 4 is 0 Å². The quantitative estimate of drug-likeness (QED) is 0.653. The monoisotopic (exact) mass is 319 g/mol. The topological polar surface area (TPSA) is 30.7 Å². The van der Waals surface area contributed by atoms with Gasteiger partial charge >= 0.3 is 0 Å². The first-order chi connectivity index (χ1) is 11.6. The van der Waals surface area contributed by atoms with E-state index in [0.717, 1.165) is 18.7 Å². The molecule has 0 fully saturated rings. The second kappa shape index (κ2) is 7.43. The number of rotatable bonds is 6. The Labute approximate surface area is 144 Å². The smallest absolute Gasteiger partial charge is 0.0833 e. The molecule has 124 valence electrons. The summed E-state index contributed by atoms with van der Waals surface area (Å²) in [5.41, 5.74) is 5.04. The molecule has 0 spiro atoms. The lowest BCUT2D eigenvalue weighted by atomic mass is 9.93. The Morgan fingerprint density at radius 1 is 0.875 bits per heavy atom. The van der Waals surface area contributed by atoms with Crippen LogP contribution in [0.4, 0.5) is 0 Å². The standard InChI is InChI=1S/C21H25N3/c1-16(2)19-9-11-20(12-10-19)17(3)13-21-15-24(23-22-21)14-18-7-5-4-6-8-18/h4-12,15-17H,13-14H2,1-3H3. The molecule has 0 saturated carbocycles. The highest BCUT2D eigenvalue weighted by molar-refractivity contribution is 5.27. The molecule has 3 aromatic rings. The van der Waals surface area contributed by atoms with E-state index in [1.165, 1.54) is 16.7 Å². The molecule has 1 aromatic heterocycles. The lowest BCUT2D eigenvalue weighted by Gasteiger charge is -2.12. The van der Waals surface area contributed by atoms with Crippen molar-refractivity contribution in [3.05, 3.63) is 83.2 Å². The van der Waals surface area contributed by atoms with Gasteiger partial charge in [0.15, 0.2) is 0 Å². The first-order valence-electron chi connectivity index (χ1n) is 8.64. The van der Waals surface area contributed by atoms with Gasteiger partial charge in [-0.25, -0.2) is 4.68 Å². The predicted molar refractivity (Wildman–Crippen MR) is 98.2 cm³/mol. The SMILES string of the molecule is CC(C)c1ccc(C(C)Cc2cn(Cc3ccccc3)nn2)cc1. The Balaban J connectivity index is 1.63. The fraction of sp³-hybridized carbons (Fsp3) is 0.333. The number of aromatic nitrogens is 3. The minimum atomic E-state index is 0.438. The largest absolute Gasteiger partial charge is 0.248 e. The van der Waals surface area contributed by atoms with Crippen molar-refractivity contribution in [3.8, 4) is 0 Å². The van der Waals surface area contributed by atoms with Crippen LogP contribution in [0.15, 0.2) is 60.8 Å². The summed E-state index contributed by atoms with van der Waals surface area (Å²) in [7, 11) is 0. The maximum Gasteiger partial charge on any atom is 0.0833 e. The van der Waals surface area contributed by atoms with E-state index < -0.39 is 0 Å². The van der Waals surface area contributed by atoms with Gasteiger partial charge in [-0.15, -0.1) is 5.10 Å². The molecule has 0 saturated heterocycles. The Kier molecular flexibility index (Phi) is 5.09. The summed E-state index contributed by atoms with van der Waals surface area (Å²) in [5, 5.41) is 8.60. The summed E-state index contributed by atoms with van der Waals surface area (Å²) in [5.74, 6) is 1.01. The van der Waals surface area contributed by atoms with Gasteiger partial charge < -0.3 is 0 Å². The summed E-state index contributed by atoms with van der Waals surface area (Å²) in [6, 6.07) is 19.3. The molecule has 1 atom stereocenters. The van der Waals surface area contributed by atoms with E-state index in [4.69, 9.17) is 0 Å². The lowest BCUT2D eigenvalue weighted by Crippen LogP contribution is -2.00. The molecule has 0 aliphatic carbocycles. The molecule has 1 unspecified atom stereocenters. The highest BCUT2D eigenvalue weighted by Gasteiger charge is 2.10.